The lowest BCUT2D eigenvalue weighted by Gasteiger charge is -2.18. The van der Waals surface area contributed by atoms with E-state index in [0.29, 0.717) is 19.3 Å². The first-order chi connectivity index (χ1) is 5.23. The van der Waals surface area contributed by atoms with E-state index in [0.717, 1.165) is 12.8 Å². The minimum absolute atomic E-state index is 0.128. The summed E-state index contributed by atoms with van der Waals surface area (Å²) in [5.74, 6) is -0.0800. The van der Waals surface area contributed by atoms with Gasteiger partial charge in [0.25, 0.3) is 0 Å². The molecule has 0 aromatic heterocycles. The summed E-state index contributed by atoms with van der Waals surface area (Å²) >= 11 is 0. The number of esters is 1. The Kier molecular flexibility index (Phi) is 1.28. The van der Waals surface area contributed by atoms with Crippen molar-refractivity contribution in [2.45, 2.75) is 37.7 Å². The minimum atomic E-state index is -0.670. The highest BCUT2D eigenvalue weighted by atomic mass is 16.6. The first-order valence-electron chi connectivity index (χ1n) is 3.98. The van der Waals surface area contributed by atoms with Gasteiger partial charge >= 0.3 is 5.97 Å². The van der Waals surface area contributed by atoms with Gasteiger partial charge in [-0.2, -0.15) is 0 Å². The summed E-state index contributed by atoms with van der Waals surface area (Å²) in [7, 11) is 0. The summed E-state index contributed by atoms with van der Waals surface area (Å²) in [4.78, 5) is 22.0. The molecule has 1 unspecified atom stereocenters. The molecule has 60 valence electrons. The molecule has 2 fully saturated rings. The van der Waals surface area contributed by atoms with E-state index in [1.165, 1.54) is 0 Å². The average Bonchev–Trinajstić information content (AvgIpc) is 2.46. The van der Waals surface area contributed by atoms with Gasteiger partial charge in [-0.05, 0) is 12.8 Å². The highest BCUT2D eigenvalue weighted by Gasteiger charge is 2.49. The summed E-state index contributed by atoms with van der Waals surface area (Å²) in [6, 6.07) is 0. The number of ketones is 1. The highest BCUT2D eigenvalue weighted by molar-refractivity contribution is 5.93. The fraction of sp³-hybridized carbons (Fsp3) is 0.750. The van der Waals surface area contributed by atoms with E-state index in [1.807, 2.05) is 0 Å². The van der Waals surface area contributed by atoms with Crippen LogP contribution in [0.4, 0.5) is 0 Å². The number of hydrogen-bond acceptors (Lipinski definition) is 3. The number of Topliss-reactive ketones (excluding diaryl/α,β-unsaturated/α-hetero) is 1. The van der Waals surface area contributed by atoms with Gasteiger partial charge in [-0.3, -0.25) is 9.59 Å². The SMILES string of the molecule is O=C1CCC2(CCCC2=O)O1. The molecule has 1 saturated carbocycles. The lowest BCUT2D eigenvalue weighted by Crippen LogP contribution is -2.32. The third-order valence-corrected chi connectivity index (χ3v) is 2.53. The lowest BCUT2D eigenvalue weighted by atomic mass is 9.98. The molecule has 0 amide bonds. The van der Waals surface area contributed by atoms with Crippen LogP contribution in [-0.4, -0.2) is 17.4 Å². The molecule has 1 heterocycles. The lowest BCUT2D eigenvalue weighted by molar-refractivity contribution is -0.155. The molecule has 1 aliphatic heterocycles. The smallest absolute Gasteiger partial charge is 0.306 e. The van der Waals surface area contributed by atoms with Crippen molar-refractivity contribution < 1.29 is 14.3 Å². The molecule has 2 aliphatic rings. The number of carbonyl (C=O) groups excluding carboxylic acids is 2. The van der Waals surface area contributed by atoms with Crippen molar-refractivity contribution in [1.82, 2.24) is 0 Å². The molecule has 3 nitrogen and oxygen atoms in total. The zero-order valence-corrected chi connectivity index (χ0v) is 6.26. The fourth-order valence-corrected chi connectivity index (χ4v) is 1.90. The number of carbonyl (C=O) groups is 2. The average molecular weight is 154 g/mol. The monoisotopic (exact) mass is 154 g/mol. The molecule has 11 heavy (non-hydrogen) atoms. The van der Waals surface area contributed by atoms with Crippen molar-refractivity contribution in [2.75, 3.05) is 0 Å². The second-order valence-electron chi connectivity index (χ2n) is 3.25. The van der Waals surface area contributed by atoms with Gasteiger partial charge in [0, 0.05) is 19.3 Å². The highest BCUT2D eigenvalue weighted by Crippen LogP contribution is 2.38. The van der Waals surface area contributed by atoms with Crippen molar-refractivity contribution in [3.63, 3.8) is 0 Å². The Bertz CT molecular complexity index is 221. The van der Waals surface area contributed by atoms with Crippen molar-refractivity contribution in [2.24, 2.45) is 0 Å². The Labute approximate surface area is 64.7 Å². The molecule has 1 spiro atoms. The van der Waals surface area contributed by atoms with Gasteiger partial charge < -0.3 is 4.74 Å². The van der Waals surface area contributed by atoms with E-state index in [9.17, 15) is 9.59 Å². The summed E-state index contributed by atoms with van der Waals surface area (Å²) in [6.45, 7) is 0. The van der Waals surface area contributed by atoms with Gasteiger partial charge in [0.1, 0.15) is 0 Å². The van der Waals surface area contributed by atoms with Crippen molar-refractivity contribution >= 4 is 11.8 Å². The van der Waals surface area contributed by atoms with Crippen LogP contribution in [0.25, 0.3) is 0 Å². The molecule has 1 aliphatic carbocycles. The summed E-state index contributed by atoms with van der Waals surface area (Å²) in [5, 5.41) is 0. The zero-order valence-electron chi connectivity index (χ0n) is 6.26. The zero-order chi connectivity index (χ0) is 7.90. The molecule has 2 rings (SSSR count). The molecule has 0 N–H and O–H groups in total. The quantitative estimate of drug-likeness (QED) is 0.485. The Hall–Kier alpha value is -0.860. The molecular formula is C8H10O3. The van der Waals surface area contributed by atoms with E-state index >= 15 is 0 Å². The van der Waals surface area contributed by atoms with Crippen LogP contribution in [-0.2, 0) is 14.3 Å². The summed E-state index contributed by atoms with van der Waals surface area (Å²) in [5.41, 5.74) is -0.670. The topological polar surface area (TPSA) is 43.4 Å². The van der Waals surface area contributed by atoms with Crippen LogP contribution in [0.15, 0.2) is 0 Å². The molecular weight excluding hydrogens is 144 g/mol. The van der Waals surface area contributed by atoms with E-state index in [2.05, 4.69) is 0 Å². The van der Waals surface area contributed by atoms with Gasteiger partial charge in [0.15, 0.2) is 11.4 Å². The molecule has 0 aromatic rings. The first-order valence-corrected chi connectivity index (χ1v) is 3.98. The van der Waals surface area contributed by atoms with Gasteiger partial charge in [0.05, 0.1) is 0 Å². The maximum atomic E-state index is 11.3. The molecule has 0 radical (unpaired) electrons. The maximum Gasteiger partial charge on any atom is 0.306 e. The van der Waals surface area contributed by atoms with Crippen LogP contribution in [0.3, 0.4) is 0 Å². The Morgan fingerprint density at radius 1 is 1.18 bits per heavy atom. The van der Waals surface area contributed by atoms with E-state index in [-0.39, 0.29) is 11.8 Å². The Morgan fingerprint density at radius 2 is 2.00 bits per heavy atom. The van der Waals surface area contributed by atoms with Gasteiger partial charge in [0.2, 0.25) is 0 Å². The predicted octanol–water partition coefficient (Wildman–Crippen LogP) is 0.815. The van der Waals surface area contributed by atoms with E-state index < -0.39 is 5.60 Å². The normalized spacial score (nSPS) is 36.7. The largest absolute Gasteiger partial charge is 0.451 e. The summed E-state index contributed by atoms with van der Waals surface area (Å²) < 4.78 is 5.03. The second kappa shape index (κ2) is 2.06. The summed E-state index contributed by atoms with van der Waals surface area (Å²) in [6.07, 6.45) is 3.26. The molecule has 0 bridgehead atoms. The molecule has 1 saturated heterocycles. The third-order valence-electron chi connectivity index (χ3n) is 2.53. The first kappa shape index (κ1) is 6.83. The van der Waals surface area contributed by atoms with Crippen molar-refractivity contribution in [1.29, 1.82) is 0 Å². The Morgan fingerprint density at radius 3 is 2.45 bits per heavy atom. The van der Waals surface area contributed by atoms with Crippen LogP contribution < -0.4 is 0 Å². The van der Waals surface area contributed by atoms with Crippen LogP contribution in [0.2, 0.25) is 0 Å². The predicted molar refractivity (Wildman–Crippen MR) is 36.9 cm³/mol. The van der Waals surface area contributed by atoms with Crippen LogP contribution in [0.1, 0.15) is 32.1 Å². The van der Waals surface area contributed by atoms with Gasteiger partial charge in [-0.1, -0.05) is 0 Å². The molecule has 0 aromatic carbocycles. The van der Waals surface area contributed by atoms with Crippen LogP contribution >= 0.6 is 0 Å². The number of ether oxygens (including phenoxy) is 1. The Balaban J connectivity index is 2.22. The number of rotatable bonds is 0. The fourth-order valence-electron chi connectivity index (χ4n) is 1.90. The van der Waals surface area contributed by atoms with Crippen LogP contribution in [0.5, 0.6) is 0 Å². The van der Waals surface area contributed by atoms with Gasteiger partial charge in [-0.15, -0.1) is 0 Å². The molecule has 1 atom stereocenters. The molecule has 3 heteroatoms. The third kappa shape index (κ3) is 0.870. The van der Waals surface area contributed by atoms with Crippen LogP contribution in [0, 0.1) is 0 Å². The van der Waals surface area contributed by atoms with E-state index in [4.69, 9.17) is 4.74 Å². The second-order valence-corrected chi connectivity index (χ2v) is 3.25. The maximum absolute atomic E-state index is 11.3. The van der Waals surface area contributed by atoms with Gasteiger partial charge in [-0.25, -0.2) is 0 Å². The number of hydrogen-bond donors (Lipinski definition) is 0. The standard InChI is InChI=1S/C8H10O3/c9-6-2-1-4-8(6)5-3-7(10)11-8/h1-5H2. The van der Waals surface area contributed by atoms with E-state index in [1.54, 1.807) is 0 Å². The van der Waals surface area contributed by atoms with Crippen molar-refractivity contribution in [3.05, 3.63) is 0 Å². The minimum Gasteiger partial charge on any atom is -0.451 e. The van der Waals surface area contributed by atoms with Crippen molar-refractivity contribution in [3.8, 4) is 0 Å².